The lowest BCUT2D eigenvalue weighted by atomic mass is 9.79. The molecule has 4 fully saturated rings. The topological polar surface area (TPSA) is 130 Å². The third-order valence-electron chi connectivity index (χ3n) is 14.8. The summed E-state index contributed by atoms with van der Waals surface area (Å²) < 4.78 is 34.1. The second kappa shape index (κ2) is 35.0. The Morgan fingerprint density at radius 3 is 0.646 bits per heavy atom. The van der Waals surface area contributed by atoms with E-state index in [2.05, 4.69) is 13.8 Å². The van der Waals surface area contributed by atoms with Crippen LogP contribution in [0.4, 0.5) is 0 Å². The molecule has 376 valence electrons. The Balaban J connectivity index is 0.918. The van der Waals surface area contributed by atoms with Crippen LogP contribution in [0, 0.1) is 23.7 Å². The van der Waals surface area contributed by atoms with E-state index in [0.717, 1.165) is 64.2 Å². The number of epoxide rings is 2. The summed E-state index contributed by atoms with van der Waals surface area (Å²) >= 11 is 0. The van der Waals surface area contributed by atoms with Crippen LogP contribution >= 0.6 is 0 Å². The summed E-state index contributed by atoms with van der Waals surface area (Å²) in [6.07, 6.45) is 42.2. The molecular formula is C55H96O10. The maximum atomic E-state index is 13.1. The Morgan fingerprint density at radius 1 is 0.292 bits per heavy atom. The summed E-state index contributed by atoms with van der Waals surface area (Å²) in [6, 6.07) is 0. The molecule has 2 heterocycles. The quantitative estimate of drug-likeness (QED) is 0.0252. The van der Waals surface area contributed by atoms with E-state index in [0.29, 0.717) is 52.1 Å². The van der Waals surface area contributed by atoms with Crippen LogP contribution < -0.4 is 0 Å². The molecule has 2 saturated heterocycles. The smallest absolute Gasteiger partial charge is 0.309 e. The molecule has 0 radical (unpaired) electrons. The van der Waals surface area contributed by atoms with Crippen molar-refractivity contribution in [2.45, 2.75) is 276 Å². The SMILES string of the molecule is CCCCCCCCCCCCCOC(=O)C1CC2OC2CC1C(=O)OCCCCCCCCCCCCCOC(=O)C1CC2OC2CC1C(=O)OCCCCCCCCCCCCC. The van der Waals surface area contributed by atoms with E-state index in [1.165, 1.54) is 148 Å². The van der Waals surface area contributed by atoms with Gasteiger partial charge in [0.25, 0.3) is 0 Å². The number of rotatable bonds is 42. The standard InChI is InChI=1S/C55H96O10/c1-3-5-7-9-11-13-16-20-24-28-32-36-60-52(56)44-40-48-50(64-48)42-46(44)54(58)62-38-34-30-26-22-18-15-19-23-27-31-35-39-63-55(59)47-43-51-49(65-51)41-45(47)53(57)61-37-33-29-25-21-17-14-12-10-8-6-4-2/h44-51H,3-43H2,1-2H3. The normalized spacial score (nSPS) is 24.2. The van der Waals surface area contributed by atoms with Crippen molar-refractivity contribution in [3.63, 3.8) is 0 Å². The summed E-state index contributed by atoms with van der Waals surface area (Å²) in [4.78, 5) is 52.2. The second-order valence-corrected chi connectivity index (χ2v) is 20.4. The van der Waals surface area contributed by atoms with Crippen LogP contribution in [0.5, 0.6) is 0 Å². The Hall–Kier alpha value is -2.20. The first-order valence-corrected chi connectivity index (χ1v) is 27.9. The monoisotopic (exact) mass is 917 g/mol. The highest BCUT2D eigenvalue weighted by molar-refractivity contribution is 5.83. The highest BCUT2D eigenvalue weighted by Crippen LogP contribution is 2.45. The Morgan fingerprint density at radius 2 is 0.462 bits per heavy atom. The van der Waals surface area contributed by atoms with Crippen molar-refractivity contribution in [3.8, 4) is 0 Å². The van der Waals surface area contributed by atoms with E-state index in [1.54, 1.807) is 0 Å². The summed E-state index contributed by atoms with van der Waals surface area (Å²) in [7, 11) is 0. The van der Waals surface area contributed by atoms with Gasteiger partial charge < -0.3 is 28.4 Å². The molecule has 2 aliphatic carbocycles. The summed E-state index contributed by atoms with van der Waals surface area (Å²) in [5.74, 6) is -2.86. The molecule has 0 bridgehead atoms. The predicted molar refractivity (Wildman–Crippen MR) is 257 cm³/mol. The summed E-state index contributed by atoms with van der Waals surface area (Å²) in [5.41, 5.74) is 0. The molecule has 8 atom stereocenters. The number of fused-ring (bicyclic) bond motifs is 2. The average molecular weight is 917 g/mol. The van der Waals surface area contributed by atoms with Gasteiger partial charge in [0.2, 0.25) is 0 Å². The Kier molecular flexibility index (Phi) is 29.8. The molecule has 8 unspecified atom stereocenters. The van der Waals surface area contributed by atoms with Gasteiger partial charge in [-0.25, -0.2) is 0 Å². The molecule has 0 spiro atoms. The maximum Gasteiger partial charge on any atom is 0.309 e. The van der Waals surface area contributed by atoms with Crippen LogP contribution in [0.2, 0.25) is 0 Å². The zero-order chi connectivity index (χ0) is 46.2. The number of esters is 4. The molecule has 65 heavy (non-hydrogen) atoms. The number of carbonyl (C=O) groups excluding carboxylic acids is 4. The van der Waals surface area contributed by atoms with E-state index in [-0.39, 0.29) is 48.3 Å². The van der Waals surface area contributed by atoms with Crippen LogP contribution in [-0.4, -0.2) is 74.7 Å². The lowest BCUT2D eigenvalue weighted by Crippen LogP contribution is -2.37. The van der Waals surface area contributed by atoms with E-state index in [1.807, 2.05) is 0 Å². The van der Waals surface area contributed by atoms with Gasteiger partial charge in [-0.05, 0) is 51.4 Å². The minimum Gasteiger partial charge on any atom is -0.465 e. The van der Waals surface area contributed by atoms with Crippen molar-refractivity contribution in [3.05, 3.63) is 0 Å². The van der Waals surface area contributed by atoms with E-state index >= 15 is 0 Å². The fraction of sp³-hybridized carbons (Fsp3) is 0.927. The van der Waals surface area contributed by atoms with Crippen LogP contribution in [0.3, 0.4) is 0 Å². The zero-order valence-corrected chi connectivity index (χ0v) is 41.7. The van der Waals surface area contributed by atoms with Gasteiger partial charge in [0.1, 0.15) is 0 Å². The number of ether oxygens (including phenoxy) is 6. The fourth-order valence-electron chi connectivity index (χ4n) is 10.3. The van der Waals surface area contributed by atoms with Crippen molar-refractivity contribution < 1.29 is 47.6 Å². The molecule has 0 aromatic carbocycles. The average Bonchev–Trinajstić information content (AvgIpc) is 4.25. The molecule has 10 nitrogen and oxygen atoms in total. The van der Waals surface area contributed by atoms with Crippen molar-refractivity contribution >= 4 is 23.9 Å². The van der Waals surface area contributed by atoms with Crippen molar-refractivity contribution in [2.24, 2.45) is 23.7 Å². The number of carbonyl (C=O) groups is 4. The summed E-state index contributed by atoms with van der Waals surface area (Å²) in [6.45, 7) is 6.19. The van der Waals surface area contributed by atoms with Gasteiger partial charge in [0, 0.05) is 0 Å². The molecule has 0 amide bonds. The maximum absolute atomic E-state index is 13.1. The van der Waals surface area contributed by atoms with Gasteiger partial charge in [0.05, 0.1) is 74.5 Å². The van der Waals surface area contributed by atoms with Gasteiger partial charge in [0.15, 0.2) is 0 Å². The van der Waals surface area contributed by atoms with Crippen LogP contribution in [-0.2, 0) is 47.6 Å². The molecule has 4 aliphatic rings. The Bertz CT molecular complexity index is 1180. The predicted octanol–water partition coefficient (Wildman–Crippen LogP) is 13.7. The molecule has 0 aromatic rings. The van der Waals surface area contributed by atoms with Gasteiger partial charge in [-0.2, -0.15) is 0 Å². The zero-order valence-electron chi connectivity index (χ0n) is 41.7. The van der Waals surface area contributed by atoms with Gasteiger partial charge in [-0.1, -0.05) is 200 Å². The van der Waals surface area contributed by atoms with Crippen molar-refractivity contribution in [1.29, 1.82) is 0 Å². The molecule has 10 heteroatoms. The molecule has 2 aliphatic heterocycles. The Labute approximate surface area is 396 Å². The number of hydrogen-bond acceptors (Lipinski definition) is 10. The first kappa shape index (κ1) is 55.4. The third-order valence-corrected chi connectivity index (χ3v) is 14.8. The molecule has 4 rings (SSSR count). The first-order valence-electron chi connectivity index (χ1n) is 27.9. The van der Waals surface area contributed by atoms with Crippen LogP contribution in [0.15, 0.2) is 0 Å². The molecular weight excluding hydrogens is 821 g/mol. The highest BCUT2D eigenvalue weighted by Gasteiger charge is 2.54. The van der Waals surface area contributed by atoms with Crippen LogP contribution in [0.1, 0.15) is 251 Å². The van der Waals surface area contributed by atoms with E-state index < -0.39 is 23.7 Å². The fourth-order valence-corrected chi connectivity index (χ4v) is 10.3. The van der Waals surface area contributed by atoms with E-state index in [4.69, 9.17) is 28.4 Å². The minimum absolute atomic E-state index is 0.0857. The molecule has 0 aromatic heterocycles. The lowest BCUT2D eigenvalue weighted by molar-refractivity contribution is -0.162. The van der Waals surface area contributed by atoms with Crippen molar-refractivity contribution in [2.75, 3.05) is 26.4 Å². The molecule has 0 N–H and O–H groups in total. The van der Waals surface area contributed by atoms with Crippen molar-refractivity contribution in [1.82, 2.24) is 0 Å². The molecule has 2 saturated carbocycles. The third kappa shape index (κ3) is 24.1. The summed E-state index contributed by atoms with van der Waals surface area (Å²) in [5, 5.41) is 0. The number of hydrogen-bond donors (Lipinski definition) is 0. The van der Waals surface area contributed by atoms with Gasteiger partial charge in [-0.15, -0.1) is 0 Å². The van der Waals surface area contributed by atoms with Gasteiger partial charge in [-0.3, -0.25) is 19.2 Å². The highest BCUT2D eigenvalue weighted by atomic mass is 16.6. The van der Waals surface area contributed by atoms with E-state index in [9.17, 15) is 19.2 Å². The first-order chi connectivity index (χ1) is 31.9. The lowest BCUT2D eigenvalue weighted by Gasteiger charge is -2.26. The van der Waals surface area contributed by atoms with Gasteiger partial charge >= 0.3 is 23.9 Å². The minimum atomic E-state index is -0.458. The second-order valence-electron chi connectivity index (χ2n) is 20.4. The number of unbranched alkanes of at least 4 members (excludes halogenated alkanes) is 30. The largest absolute Gasteiger partial charge is 0.465 e. The van der Waals surface area contributed by atoms with Crippen LogP contribution in [0.25, 0.3) is 0 Å².